The third-order valence-corrected chi connectivity index (χ3v) is 5.46. The lowest BCUT2D eigenvalue weighted by Crippen LogP contribution is -2.45. The van der Waals surface area contributed by atoms with Crippen LogP contribution in [-0.4, -0.2) is 46.2 Å². The molecule has 1 aromatic rings. The minimum absolute atomic E-state index is 0.132. The van der Waals surface area contributed by atoms with Crippen molar-refractivity contribution in [1.29, 1.82) is 0 Å². The fourth-order valence-corrected chi connectivity index (χ4v) is 4.66. The smallest absolute Gasteiger partial charge is 0.0996 e. The van der Waals surface area contributed by atoms with Gasteiger partial charge in [-0.1, -0.05) is 0 Å². The van der Waals surface area contributed by atoms with E-state index in [1.54, 1.807) is 0 Å². The zero-order valence-corrected chi connectivity index (χ0v) is 12.2. The summed E-state index contributed by atoms with van der Waals surface area (Å²) in [7, 11) is 2.01. The first-order valence-electron chi connectivity index (χ1n) is 7.08. The van der Waals surface area contributed by atoms with Gasteiger partial charge < -0.3 is 10.1 Å². The highest BCUT2D eigenvalue weighted by Gasteiger charge is 2.41. The lowest BCUT2D eigenvalue weighted by Gasteiger charge is -2.45. The van der Waals surface area contributed by atoms with Crippen LogP contribution < -0.4 is 5.32 Å². The van der Waals surface area contributed by atoms with Crippen LogP contribution in [0.15, 0.2) is 6.20 Å². The fraction of sp³-hybridized carbons (Fsp3) is 0.846. The summed E-state index contributed by atoms with van der Waals surface area (Å²) in [6.45, 7) is 0.880. The molecule has 2 fully saturated rings. The Morgan fingerprint density at radius 1 is 1.53 bits per heavy atom. The number of hydrogen-bond acceptors (Lipinski definition) is 5. The molecule has 0 amide bonds. The zero-order valence-electron chi connectivity index (χ0n) is 11.4. The van der Waals surface area contributed by atoms with Gasteiger partial charge in [0.2, 0.25) is 0 Å². The minimum Gasteiger partial charge on any atom is -0.375 e. The normalized spacial score (nSPS) is 28.4. The molecular formula is C13H22N4OS. The third-order valence-electron chi connectivity index (χ3n) is 4.47. The van der Waals surface area contributed by atoms with E-state index in [9.17, 15) is 0 Å². The Hall–Kier alpha value is -0.590. The van der Waals surface area contributed by atoms with Gasteiger partial charge in [-0.3, -0.25) is 0 Å². The zero-order chi connectivity index (χ0) is 13.1. The molecule has 3 rings (SSSR count). The monoisotopic (exact) mass is 282 g/mol. The predicted octanol–water partition coefficient (Wildman–Crippen LogP) is 1.76. The number of rotatable bonds is 3. The summed E-state index contributed by atoms with van der Waals surface area (Å²) in [5, 5.41) is 14.3. The first kappa shape index (κ1) is 13.4. The first-order chi connectivity index (χ1) is 9.33. The molecule has 2 aliphatic heterocycles. The standard InChI is InChI=1S/C13H22N4OS/c1-14-12(11-9-15-17-16-11)10-2-5-18-13(8-10)3-6-19-7-4-13/h9-10,12,14H,2-8H2,1H3,(H,15,16,17). The van der Waals surface area contributed by atoms with Gasteiger partial charge in [0.25, 0.3) is 0 Å². The van der Waals surface area contributed by atoms with Crippen LogP contribution >= 0.6 is 11.8 Å². The van der Waals surface area contributed by atoms with Crippen LogP contribution in [0, 0.1) is 5.92 Å². The Morgan fingerprint density at radius 3 is 3.05 bits per heavy atom. The summed E-state index contributed by atoms with van der Waals surface area (Å²) < 4.78 is 6.16. The maximum absolute atomic E-state index is 6.16. The molecule has 0 radical (unpaired) electrons. The number of ether oxygens (including phenoxy) is 1. The number of aromatic amines is 1. The molecule has 2 aliphatic rings. The van der Waals surface area contributed by atoms with Gasteiger partial charge in [0.05, 0.1) is 23.5 Å². The van der Waals surface area contributed by atoms with Crippen molar-refractivity contribution in [2.45, 2.75) is 37.3 Å². The van der Waals surface area contributed by atoms with E-state index in [2.05, 4.69) is 32.5 Å². The van der Waals surface area contributed by atoms with Crippen LogP contribution in [-0.2, 0) is 4.74 Å². The van der Waals surface area contributed by atoms with Crippen molar-refractivity contribution in [3.05, 3.63) is 11.9 Å². The quantitative estimate of drug-likeness (QED) is 0.884. The Labute approximate surface area is 118 Å². The molecule has 2 atom stereocenters. The molecule has 0 aliphatic carbocycles. The number of aromatic nitrogens is 3. The van der Waals surface area contributed by atoms with Crippen molar-refractivity contribution in [3.8, 4) is 0 Å². The maximum Gasteiger partial charge on any atom is 0.0996 e. The topological polar surface area (TPSA) is 62.8 Å². The summed E-state index contributed by atoms with van der Waals surface area (Å²) in [5.74, 6) is 3.06. The molecule has 2 unspecified atom stereocenters. The molecule has 0 saturated carbocycles. The van der Waals surface area contributed by atoms with Gasteiger partial charge in [-0.15, -0.1) is 0 Å². The van der Waals surface area contributed by atoms with E-state index < -0.39 is 0 Å². The number of thioether (sulfide) groups is 1. The van der Waals surface area contributed by atoms with Crippen molar-refractivity contribution in [2.24, 2.45) is 5.92 Å². The molecule has 2 N–H and O–H groups in total. The highest BCUT2D eigenvalue weighted by atomic mass is 32.2. The molecule has 1 spiro atoms. The van der Waals surface area contributed by atoms with Gasteiger partial charge in [-0.05, 0) is 50.2 Å². The van der Waals surface area contributed by atoms with Crippen molar-refractivity contribution in [3.63, 3.8) is 0 Å². The molecule has 3 heterocycles. The number of H-pyrrole nitrogens is 1. The molecule has 0 aromatic carbocycles. The minimum atomic E-state index is 0.132. The van der Waals surface area contributed by atoms with Crippen molar-refractivity contribution >= 4 is 11.8 Å². The molecule has 0 bridgehead atoms. The molecule has 6 heteroatoms. The molecule has 5 nitrogen and oxygen atoms in total. The summed E-state index contributed by atoms with van der Waals surface area (Å²) >= 11 is 2.05. The molecule has 19 heavy (non-hydrogen) atoms. The van der Waals surface area contributed by atoms with Gasteiger partial charge in [0.15, 0.2) is 0 Å². The Morgan fingerprint density at radius 2 is 2.37 bits per heavy atom. The Balaban J connectivity index is 1.73. The summed E-state index contributed by atoms with van der Waals surface area (Å²) in [6, 6.07) is 0.286. The second-order valence-corrected chi connectivity index (χ2v) is 6.78. The number of nitrogens with zero attached hydrogens (tertiary/aromatic N) is 2. The van der Waals surface area contributed by atoms with Crippen LogP contribution in [0.2, 0.25) is 0 Å². The van der Waals surface area contributed by atoms with Gasteiger partial charge in [0.1, 0.15) is 0 Å². The number of hydrogen-bond donors (Lipinski definition) is 2. The van der Waals surface area contributed by atoms with Crippen LogP contribution in [0.1, 0.15) is 37.4 Å². The third kappa shape index (κ3) is 2.80. The van der Waals surface area contributed by atoms with E-state index >= 15 is 0 Å². The lowest BCUT2D eigenvalue weighted by molar-refractivity contribution is -0.107. The first-order valence-corrected chi connectivity index (χ1v) is 8.23. The number of nitrogens with one attached hydrogen (secondary N) is 2. The van der Waals surface area contributed by atoms with Gasteiger partial charge in [0, 0.05) is 6.61 Å². The van der Waals surface area contributed by atoms with Crippen molar-refractivity contribution < 1.29 is 4.74 Å². The van der Waals surface area contributed by atoms with Crippen LogP contribution in [0.3, 0.4) is 0 Å². The van der Waals surface area contributed by atoms with Gasteiger partial charge >= 0.3 is 0 Å². The average Bonchev–Trinajstić information content (AvgIpc) is 2.95. The predicted molar refractivity (Wildman–Crippen MR) is 76.1 cm³/mol. The highest BCUT2D eigenvalue weighted by molar-refractivity contribution is 7.99. The second-order valence-electron chi connectivity index (χ2n) is 5.56. The van der Waals surface area contributed by atoms with Crippen LogP contribution in [0.25, 0.3) is 0 Å². The molecule has 2 saturated heterocycles. The van der Waals surface area contributed by atoms with Crippen molar-refractivity contribution in [2.75, 3.05) is 25.2 Å². The largest absolute Gasteiger partial charge is 0.375 e. The summed E-state index contributed by atoms with van der Waals surface area (Å²) in [6.07, 6.45) is 6.48. The van der Waals surface area contributed by atoms with E-state index in [1.165, 1.54) is 24.3 Å². The summed E-state index contributed by atoms with van der Waals surface area (Å²) in [5.41, 5.74) is 1.15. The molecule has 106 valence electrons. The van der Waals surface area contributed by atoms with Crippen LogP contribution in [0.4, 0.5) is 0 Å². The van der Waals surface area contributed by atoms with E-state index in [0.29, 0.717) is 5.92 Å². The highest BCUT2D eigenvalue weighted by Crippen LogP contribution is 2.43. The Kier molecular flexibility index (Phi) is 4.10. The van der Waals surface area contributed by atoms with E-state index in [1.807, 2.05) is 13.2 Å². The van der Waals surface area contributed by atoms with E-state index in [-0.39, 0.29) is 11.6 Å². The summed E-state index contributed by atoms with van der Waals surface area (Å²) in [4.78, 5) is 0. The second kappa shape index (κ2) is 5.81. The molecular weight excluding hydrogens is 260 g/mol. The Bertz CT molecular complexity index is 386. The average molecular weight is 282 g/mol. The van der Waals surface area contributed by atoms with E-state index in [4.69, 9.17) is 4.74 Å². The lowest BCUT2D eigenvalue weighted by atomic mass is 9.78. The van der Waals surface area contributed by atoms with E-state index in [0.717, 1.165) is 25.1 Å². The molecule has 1 aromatic heterocycles. The maximum atomic E-state index is 6.16. The van der Waals surface area contributed by atoms with Gasteiger partial charge in [-0.25, -0.2) is 0 Å². The SMILES string of the molecule is CNC(c1cn[nH]n1)C1CCOC2(CCSCC2)C1. The fourth-order valence-electron chi connectivity index (χ4n) is 3.43. The van der Waals surface area contributed by atoms with Crippen molar-refractivity contribution in [1.82, 2.24) is 20.7 Å². The van der Waals surface area contributed by atoms with Gasteiger partial charge in [-0.2, -0.15) is 27.2 Å². The van der Waals surface area contributed by atoms with Crippen LogP contribution in [0.5, 0.6) is 0 Å².